The van der Waals surface area contributed by atoms with Crippen LogP contribution in [0.1, 0.15) is 30.6 Å². The fourth-order valence-electron chi connectivity index (χ4n) is 3.68. The standard InChI is InChI=1S/C23H30FN3O4S/c1-17(2)15-21(27-11-13-31-14-12-27)16-25-23(28)18-3-7-20(8-4-18)26-32(29,30)22-9-5-19(24)6-10-22/h3-10,17,21,26H,11-16H2,1-2H3,(H,25,28). The van der Waals surface area contributed by atoms with Crippen molar-refractivity contribution in [2.45, 2.75) is 31.2 Å². The summed E-state index contributed by atoms with van der Waals surface area (Å²) in [5, 5.41) is 3.00. The Morgan fingerprint density at radius 3 is 2.28 bits per heavy atom. The third-order valence-electron chi connectivity index (χ3n) is 5.33. The molecule has 1 fully saturated rings. The van der Waals surface area contributed by atoms with Crippen LogP contribution in [-0.4, -0.2) is 58.1 Å². The van der Waals surface area contributed by atoms with Crippen molar-refractivity contribution in [3.05, 3.63) is 59.9 Å². The van der Waals surface area contributed by atoms with Gasteiger partial charge < -0.3 is 10.1 Å². The largest absolute Gasteiger partial charge is 0.379 e. The molecule has 32 heavy (non-hydrogen) atoms. The molecule has 9 heteroatoms. The molecule has 0 aromatic heterocycles. The summed E-state index contributed by atoms with van der Waals surface area (Å²) in [7, 11) is -3.84. The third-order valence-corrected chi connectivity index (χ3v) is 6.72. The number of carbonyl (C=O) groups excluding carboxylic acids is 1. The van der Waals surface area contributed by atoms with Crippen LogP contribution < -0.4 is 10.0 Å². The van der Waals surface area contributed by atoms with E-state index < -0.39 is 15.8 Å². The molecule has 2 aromatic carbocycles. The zero-order chi connectivity index (χ0) is 23.1. The number of sulfonamides is 1. The Morgan fingerprint density at radius 1 is 1.06 bits per heavy atom. The number of ether oxygens (including phenoxy) is 1. The Bertz CT molecular complexity index is 989. The van der Waals surface area contributed by atoms with Crippen LogP contribution in [0.15, 0.2) is 53.4 Å². The van der Waals surface area contributed by atoms with E-state index in [0.29, 0.717) is 36.9 Å². The van der Waals surface area contributed by atoms with Gasteiger partial charge in [-0.2, -0.15) is 0 Å². The Hall–Kier alpha value is -2.49. The van der Waals surface area contributed by atoms with Gasteiger partial charge in [0, 0.05) is 36.9 Å². The van der Waals surface area contributed by atoms with Crippen molar-refractivity contribution in [3.63, 3.8) is 0 Å². The molecule has 1 aliphatic rings. The van der Waals surface area contributed by atoms with E-state index in [2.05, 4.69) is 28.8 Å². The van der Waals surface area contributed by atoms with Crippen LogP contribution in [0, 0.1) is 11.7 Å². The first-order valence-electron chi connectivity index (χ1n) is 10.7. The van der Waals surface area contributed by atoms with Crippen molar-refractivity contribution in [3.8, 4) is 0 Å². The molecule has 0 spiro atoms. The van der Waals surface area contributed by atoms with E-state index in [4.69, 9.17) is 4.74 Å². The van der Waals surface area contributed by atoms with Crippen molar-refractivity contribution in [1.29, 1.82) is 0 Å². The number of benzene rings is 2. The van der Waals surface area contributed by atoms with Gasteiger partial charge in [-0.05, 0) is 60.9 Å². The average Bonchev–Trinajstić information content (AvgIpc) is 2.77. The van der Waals surface area contributed by atoms with Crippen LogP contribution in [0.25, 0.3) is 0 Å². The minimum atomic E-state index is -3.84. The minimum Gasteiger partial charge on any atom is -0.379 e. The van der Waals surface area contributed by atoms with E-state index in [1.807, 2.05) is 0 Å². The van der Waals surface area contributed by atoms with Crippen molar-refractivity contribution < 1.29 is 22.3 Å². The highest BCUT2D eigenvalue weighted by Gasteiger charge is 2.22. The fraction of sp³-hybridized carbons (Fsp3) is 0.435. The number of nitrogens with zero attached hydrogens (tertiary/aromatic N) is 1. The summed E-state index contributed by atoms with van der Waals surface area (Å²) in [6.45, 7) is 8.00. The molecular weight excluding hydrogens is 433 g/mol. The Balaban J connectivity index is 1.59. The number of halogens is 1. The predicted molar refractivity (Wildman–Crippen MR) is 122 cm³/mol. The molecule has 1 aliphatic heterocycles. The van der Waals surface area contributed by atoms with Crippen molar-refractivity contribution in [2.24, 2.45) is 5.92 Å². The molecule has 1 saturated heterocycles. The SMILES string of the molecule is CC(C)CC(CNC(=O)c1ccc(NS(=O)(=O)c2ccc(F)cc2)cc1)N1CCOCC1. The minimum absolute atomic E-state index is 0.0416. The lowest BCUT2D eigenvalue weighted by molar-refractivity contribution is 0.0124. The molecule has 2 N–H and O–H groups in total. The van der Waals surface area contributed by atoms with Crippen molar-refractivity contribution >= 4 is 21.6 Å². The zero-order valence-corrected chi connectivity index (χ0v) is 19.2. The first-order valence-corrected chi connectivity index (χ1v) is 12.2. The summed E-state index contributed by atoms with van der Waals surface area (Å²) < 4.78 is 45.8. The normalized spacial score (nSPS) is 16.0. The fourth-order valence-corrected chi connectivity index (χ4v) is 4.74. The van der Waals surface area contributed by atoms with Gasteiger partial charge in [0.05, 0.1) is 18.1 Å². The molecule has 0 bridgehead atoms. The van der Waals surface area contributed by atoms with Crippen LogP contribution in [0.4, 0.5) is 10.1 Å². The lowest BCUT2D eigenvalue weighted by Gasteiger charge is -2.35. The molecule has 174 valence electrons. The summed E-state index contributed by atoms with van der Waals surface area (Å²) in [6.07, 6.45) is 0.977. The summed E-state index contributed by atoms with van der Waals surface area (Å²) >= 11 is 0. The van der Waals surface area contributed by atoms with Crippen LogP contribution in [0.2, 0.25) is 0 Å². The first-order chi connectivity index (χ1) is 15.2. The zero-order valence-electron chi connectivity index (χ0n) is 18.4. The van der Waals surface area contributed by atoms with Gasteiger partial charge in [-0.1, -0.05) is 13.8 Å². The number of carbonyl (C=O) groups is 1. The highest BCUT2D eigenvalue weighted by Crippen LogP contribution is 2.18. The van der Waals surface area contributed by atoms with Crippen LogP contribution >= 0.6 is 0 Å². The summed E-state index contributed by atoms with van der Waals surface area (Å²) in [4.78, 5) is 15.0. The number of morpholine rings is 1. The third kappa shape index (κ3) is 6.75. The number of anilines is 1. The Morgan fingerprint density at radius 2 is 1.69 bits per heavy atom. The maximum Gasteiger partial charge on any atom is 0.261 e. The number of amides is 1. The van der Waals surface area contributed by atoms with E-state index >= 15 is 0 Å². The average molecular weight is 464 g/mol. The number of hydrogen-bond acceptors (Lipinski definition) is 5. The number of nitrogens with one attached hydrogen (secondary N) is 2. The van der Waals surface area contributed by atoms with Crippen molar-refractivity contribution in [1.82, 2.24) is 10.2 Å². The van der Waals surface area contributed by atoms with Gasteiger partial charge in [-0.3, -0.25) is 14.4 Å². The molecule has 7 nitrogen and oxygen atoms in total. The van der Waals surface area contributed by atoms with Gasteiger partial charge in [0.25, 0.3) is 15.9 Å². The van der Waals surface area contributed by atoms with E-state index in [9.17, 15) is 17.6 Å². The first kappa shape index (κ1) is 24.2. The number of hydrogen-bond donors (Lipinski definition) is 2. The summed E-state index contributed by atoms with van der Waals surface area (Å²) in [5.74, 6) is -0.211. The quantitative estimate of drug-likeness (QED) is 0.597. The Labute approximate surface area is 189 Å². The molecule has 1 heterocycles. The highest BCUT2D eigenvalue weighted by atomic mass is 32.2. The maximum absolute atomic E-state index is 13.0. The smallest absolute Gasteiger partial charge is 0.261 e. The van der Waals surface area contributed by atoms with Gasteiger partial charge >= 0.3 is 0 Å². The maximum atomic E-state index is 13.0. The second-order valence-corrected chi connectivity index (χ2v) is 9.96. The molecule has 2 aromatic rings. The molecule has 3 rings (SSSR count). The highest BCUT2D eigenvalue weighted by molar-refractivity contribution is 7.92. The molecule has 1 amide bonds. The van der Waals surface area contributed by atoms with Gasteiger partial charge in [0.15, 0.2) is 0 Å². The van der Waals surface area contributed by atoms with Crippen molar-refractivity contribution in [2.75, 3.05) is 37.6 Å². The van der Waals surface area contributed by atoms with E-state index in [0.717, 1.165) is 31.6 Å². The van der Waals surface area contributed by atoms with Gasteiger partial charge in [0.2, 0.25) is 0 Å². The lowest BCUT2D eigenvalue weighted by atomic mass is 10.0. The summed E-state index contributed by atoms with van der Waals surface area (Å²) in [6, 6.07) is 11.0. The topological polar surface area (TPSA) is 87.7 Å². The second-order valence-electron chi connectivity index (χ2n) is 8.28. The van der Waals surface area contributed by atoms with E-state index in [1.165, 1.54) is 24.3 Å². The molecule has 1 unspecified atom stereocenters. The molecule has 0 saturated carbocycles. The predicted octanol–water partition coefficient (Wildman–Crippen LogP) is 3.10. The lowest BCUT2D eigenvalue weighted by Crippen LogP contribution is -2.49. The summed E-state index contributed by atoms with van der Waals surface area (Å²) in [5.41, 5.74) is 0.761. The molecule has 1 atom stereocenters. The second kappa shape index (κ2) is 10.9. The monoisotopic (exact) mass is 463 g/mol. The Kier molecular flexibility index (Phi) is 8.22. The van der Waals surface area contributed by atoms with Crippen LogP contribution in [0.3, 0.4) is 0 Å². The van der Waals surface area contributed by atoms with Crippen LogP contribution in [0.5, 0.6) is 0 Å². The molecule has 0 radical (unpaired) electrons. The van der Waals surface area contributed by atoms with Gasteiger partial charge in [-0.25, -0.2) is 12.8 Å². The van der Waals surface area contributed by atoms with Gasteiger partial charge in [0.1, 0.15) is 5.82 Å². The molecule has 0 aliphatic carbocycles. The van der Waals surface area contributed by atoms with Crippen LogP contribution in [-0.2, 0) is 14.8 Å². The number of rotatable bonds is 9. The van der Waals surface area contributed by atoms with E-state index in [-0.39, 0.29) is 16.8 Å². The van der Waals surface area contributed by atoms with Gasteiger partial charge in [-0.15, -0.1) is 0 Å². The van der Waals surface area contributed by atoms with E-state index in [1.54, 1.807) is 12.1 Å². The molecular formula is C23H30FN3O4S.